The van der Waals surface area contributed by atoms with E-state index < -0.39 is 6.10 Å². The monoisotopic (exact) mass is 470 g/mol. The molecule has 184 valence electrons. The minimum atomic E-state index is -0.393. The largest absolute Gasteiger partial charge is 0.391 e. The summed E-state index contributed by atoms with van der Waals surface area (Å²) in [6.45, 7) is 7.64. The van der Waals surface area contributed by atoms with Crippen molar-refractivity contribution in [2.75, 3.05) is 6.61 Å². The average molecular weight is 471 g/mol. The average Bonchev–Trinajstić information content (AvgIpc) is 2.89. The molecule has 4 rings (SSSR count). The summed E-state index contributed by atoms with van der Waals surface area (Å²) in [4.78, 5) is 7.72. The fraction of sp³-hybridized carbons (Fsp3) is 0.387. The Morgan fingerprint density at radius 3 is 2.14 bits per heavy atom. The summed E-state index contributed by atoms with van der Waals surface area (Å²) >= 11 is 0. The van der Waals surface area contributed by atoms with Crippen molar-refractivity contribution in [2.45, 2.75) is 64.4 Å². The number of rotatable bonds is 8. The van der Waals surface area contributed by atoms with Gasteiger partial charge in [0, 0.05) is 5.56 Å². The fourth-order valence-corrected chi connectivity index (χ4v) is 4.81. The van der Waals surface area contributed by atoms with E-state index >= 15 is 0 Å². The molecule has 0 saturated carbocycles. The SMILES string of the molecule is CC(C)[C@@H](COCc1ccccc1)N=C(c1ccccc1)N1[C@H](C)[C@H](O)CC[C@H]1c1ccccc1. The number of hydrogen-bond donors (Lipinski definition) is 1. The molecule has 0 amide bonds. The Bertz CT molecular complexity index is 1050. The van der Waals surface area contributed by atoms with Crippen molar-refractivity contribution in [1.82, 2.24) is 4.90 Å². The Balaban J connectivity index is 1.68. The van der Waals surface area contributed by atoms with Crippen molar-refractivity contribution in [1.29, 1.82) is 0 Å². The van der Waals surface area contributed by atoms with Crippen LogP contribution in [0.1, 0.15) is 56.3 Å². The van der Waals surface area contributed by atoms with E-state index in [0.29, 0.717) is 19.1 Å². The van der Waals surface area contributed by atoms with E-state index in [-0.39, 0.29) is 18.1 Å². The highest BCUT2D eigenvalue weighted by Crippen LogP contribution is 2.36. The molecule has 1 N–H and O–H groups in total. The standard InChI is InChI=1S/C31H38N2O2/c1-23(2)28(22-35-21-25-13-7-4-8-14-25)32-31(27-17-11-6-12-18-27)33-24(3)30(34)20-19-29(33)26-15-9-5-10-16-26/h4-18,23-24,28-30,34H,19-22H2,1-3H3/t24-,28-,29+,30-/m1/s1. The lowest BCUT2D eigenvalue weighted by atomic mass is 9.88. The summed E-state index contributed by atoms with van der Waals surface area (Å²) in [5.41, 5.74) is 3.50. The van der Waals surface area contributed by atoms with Crippen LogP contribution >= 0.6 is 0 Å². The third-order valence-corrected chi connectivity index (χ3v) is 6.99. The molecule has 0 unspecified atom stereocenters. The maximum Gasteiger partial charge on any atom is 0.132 e. The first kappa shape index (κ1) is 25.2. The van der Waals surface area contributed by atoms with Gasteiger partial charge in [0.25, 0.3) is 0 Å². The third kappa shape index (κ3) is 6.39. The zero-order valence-electron chi connectivity index (χ0n) is 21.1. The molecule has 1 saturated heterocycles. The second-order valence-electron chi connectivity index (χ2n) is 9.85. The molecule has 4 heteroatoms. The third-order valence-electron chi connectivity index (χ3n) is 6.99. The number of aliphatic hydroxyl groups is 1. The van der Waals surface area contributed by atoms with Gasteiger partial charge in [-0.1, -0.05) is 105 Å². The molecule has 0 bridgehead atoms. The van der Waals surface area contributed by atoms with Gasteiger partial charge in [0.2, 0.25) is 0 Å². The van der Waals surface area contributed by atoms with Crippen LogP contribution in [0.5, 0.6) is 0 Å². The highest BCUT2D eigenvalue weighted by molar-refractivity contribution is 5.99. The number of aliphatic imine (C=N–C) groups is 1. The van der Waals surface area contributed by atoms with E-state index in [2.05, 4.69) is 92.4 Å². The van der Waals surface area contributed by atoms with Crippen molar-refractivity contribution in [2.24, 2.45) is 10.9 Å². The van der Waals surface area contributed by atoms with Crippen molar-refractivity contribution in [3.05, 3.63) is 108 Å². The first-order chi connectivity index (χ1) is 17.0. The summed E-state index contributed by atoms with van der Waals surface area (Å²) in [5.74, 6) is 1.25. The van der Waals surface area contributed by atoms with Gasteiger partial charge in [-0.15, -0.1) is 0 Å². The van der Waals surface area contributed by atoms with E-state index in [4.69, 9.17) is 9.73 Å². The smallest absolute Gasteiger partial charge is 0.132 e. The first-order valence-electron chi connectivity index (χ1n) is 12.8. The number of likely N-dealkylation sites (tertiary alicyclic amines) is 1. The van der Waals surface area contributed by atoms with Crippen LogP contribution in [0.4, 0.5) is 0 Å². The van der Waals surface area contributed by atoms with Crippen LogP contribution in [0, 0.1) is 5.92 Å². The van der Waals surface area contributed by atoms with E-state index in [0.717, 1.165) is 24.2 Å². The highest BCUT2D eigenvalue weighted by Gasteiger charge is 2.37. The molecule has 4 atom stereocenters. The minimum Gasteiger partial charge on any atom is -0.391 e. The summed E-state index contributed by atoms with van der Waals surface area (Å²) in [6, 6.07) is 31.4. The molecular weight excluding hydrogens is 432 g/mol. The van der Waals surface area contributed by atoms with Crippen molar-refractivity contribution < 1.29 is 9.84 Å². The van der Waals surface area contributed by atoms with Crippen molar-refractivity contribution in [3.63, 3.8) is 0 Å². The van der Waals surface area contributed by atoms with E-state index in [1.54, 1.807) is 0 Å². The van der Waals surface area contributed by atoms with Crippen LogP contribution in [0.15, 0.2) is 96.0 Å². The van der Waals surface area contributed by atoms with Gasteiger partial charge in [-0.05, 0) is 36.8 Å². The Morgan fingerprint density at radius 1 is 0.914 bits per heavy atom. The number of benzene rings is 3. The van der Waals surface area contributed by atoms with Gasteiger partial charge >= 0.3 is 0 Å². The number of aliphatic hydroxyl groups excluding tert-OH is 1. The van der Waals surface area contributed by atoms with Crippen molar-refractivity contribution >= 4 is 5.84 Å². The molecule has 3 aromatic rings. The molecule has 1 heterocycles. The Hall–Kier alpha value is -2.95. The maximum absolute atomic E-state index is 10.9. The highest BCUT2D eigenvalue weighted by atomic mass is 16.5. The van der Waals surface area contributed by atoms with E-state index in [1.807, 2.05) is 24.3 Å². The quantitative estimate of drug-likeness (QED) is 0.312. The Morgan fingerprint density at radius 2 is 1.51 bits per heavy atom. The van der Waals surface area contributed by atoms with Gasteiger partial charge < -0.3 is 14.7 Å². The van der Waals surface area contributed by atoms with Crippen LogP contribution in [0.25, 0.3) is 0 Å². The summed E-state index contributed by atoms with van der Waals surface area (Å²) in [6.07, 6.45) is 1.28. The molecule has 1 aliphatic rings. The van der Waals surface area contributed by atoms with Gasteiger partial charge in [-0.2, -0.15) is 0 Å². The second kappa shape index (κ2) is 12.1. The topological polar surface area (TPSA) is 45.1 Å². The molecular formula is C31H38N2O2. The number of nitrogens with zero attached hydrogens (tertiary/aromatic N) is 2. The van der Waals surface area contributed by atoms with Crippen LogP contribution in [0.2, 0.25) is 0 Å². The molecule has 0 spiro atoms. The molecule has 4 nitrogen and oxygen atoms in total. The first-order valence-corrected chi connectivity index (χ1v) is 12.8. The lowest BCUT2D eigenvalue weighted by Gasteiger charge is -2.46. The Labute approximate surface area is 210 Å². The molecule has 35 heavy (non-hydrogen) atoms. The molecule has 0 aliphatic carbocycles. The predicted molar refractivity (Wildman–Crippen MR) is 143 cm³/mol. The summed E-state index contributed by atoms with van der Waals surface area (Å²) in [7, 11) is 0. The molecule has 1 aliphatic heterocycles. The lowest BCUT2D eigenvalue weighted by Crippen LogP contribution is -2.51. The minimum absolute atomic E-state index is 0.00314. The Kier molecular flexibility index (Phi) is 8.73. The van der Waals surface area contributed by atoms with Gasteiger partial charge in [0.1, 0.15) is 5.84 Å². The van der Waals surface area contributed by atoms with Crippen LogP contribution in [0.3, 0.4) is 0 Å². The van der Waals surface area contributed by atoms with Crippen LogP contribution in [-0.2, 0) is 11.3 Å². The van der Waals surface area contributed by atoms with Gasteiger partial charge in [0.05, 0.1) is 37.4 Å². The van der Waals surface area contributed by atoms with E-state index in [9.17, 15) is 5.11 Å². The maximum atomic E-state index is 10.9. The number of hydrogen-bond acceptors (Lipinski definition) is 3. The number of amidine groups is 1. The summed E-state index contributed by atoms with van der Waals surface area (Å²) in [5, 5.41) is 10.9. The number of ether oxygens (including phenoxy) is 1. The molecule has 1 fully saturated rings. The van der Waals surface area contributed by atoms with Crippen LogP contribution in [-0.4, -0.2) is 40.6 Å². The number of piperidine rings is 1. The predicted octanol–water partition coefficient (Wildman–Crippen LogP) is 6.26. The van der Waals surface area contributed by atoms with Gasteiger partial charge in [-0.25, -0.2) is 0 Å². The molecule has 3 aromatic carbocycles. The van der Waals surface area contributed by atoms with Gasteiger partial charge in [-0.3, -0.25) is 4.99 Å². The molecule has 0 radical (unpaired) electrons. The summed E-state index contributed by atoms with van der Waals surface area (Å²) < 4.78 is 6.15. The lowest BCUT2D eigenvalue weighted by molar-refractivity contribution is 0.0259. The normalized spacial score (nSPS) is 21.8. The van der Waals surface area contributed by atoms with Gasteiger partial charge in [0.15, 0.2) is 0 Å². The fourth-order valence-electron chi connectivity index (χ4n) is 4.81. The van der Waals surface area contributed by atoms with Crippen molar-refractivity contribution in [3.8, 4) is 0 Å². The molecule has 0 aromatic heterocycles. The second-order valence-corrected chi connectivity index (χ2v) is 9.85. The van der Waals surface area contributed by atoms with Crippen LogP contribution < -0.4 is 0 Å². The zero-order valence-corrected chi connectivity index (χ0v) is 21.1. The van der Waals surface area contributed by atoms with E-state index in [1.165, 1.54) is 11.1 Å². The zero-order chi connectivity index (χ0) is 24.6.